The summed E-state index contributed by atoms with van der Waals surface area (Å²) >= 11 is 0. The molecule has 1 aromatic carbocycles. The first kappa shape index (κ1) is 18.4. The third-order valence-corrected chi connectivity index (χ3v) is 3.51. The first-order chi connectivity index (χ1) is 12.9. The Hall–Kier alpha value is -3.41. The van der Waals surface area contributed by atoms with Crippen molar-refractivity contribution in [2.75, 3.05) is 5.32 Å². The molecule has 0 aliphatic carbocycles. The van der Waals surface area contributed by atoms with Crippen molar-refractivity contribution in [1.82, 2.24) is 15.3 Å². The fraction of sp³-hybridized carbons (Fsp3) is 0.190. The van der Waals surface area contributed by atoms with E-state index in [4.69, 9.17) is 4.74 Å². The van der Waals surface area contributed by atoms with E-state index >= 15 is 0 Å². The first-order valence-electron chi connectivity index (χ1n) is 8.64. The van der Waals surface area contributed by atoms with E-state index in [2.05, 4.69) is 20.6 Å². The van der Waals surface area contributed by atoms with Crippen LogP contribution >= 0.6 is 0 Å². The molecule has 0 radical (unpaired) electrons. The second-order valence-electron chi connectivity index (χ2n) is 7.03. The van der Waals surface area contributed by atoms with E-state index in [1.807, 2.05) is 63.2 Å². The highest BCUT2D eigenvalue weighted by molar-refractivity contribution is 5.96. The summed E-state index contributed by atoms with van der Waals surface area (Å²) in [7, 11) is 0. The lowest BCUT2D eigenvalue weighted by Crippen LogP contribution is -2.40. The molecule has 3 rings (SSSR count). The molecular formula is C21H22N4O2. The minimum Gasteiger partial charge on any atom is -0.438 e. The van der Waals surface area contributed by atoms with Gasteiger partial charge in [-0.25, -0.2) is 9.97 Å². The molecule has 138 valence electrons. The van der Waals surface area contributed by atoms with Gasteiger partial charge in [0.05, 0.1) is 0 Å². The summed E-state index contributed by atoms with van der Waals surface area (Å²) in [5.74, 6) is 1.39. The zero-order chi connectivity index (χ0) is 19.3. The maximum atomic E-state index is 12.5. The van der Waals surface area contributed by atoms with Crippen molar-refractivity contribution in [2.24, 2.45) is 0 Å². The third-order valence-electron chi connectivity index (χ3n) is 3.51. The average Bonchev–Trinajstić information content (AvgIpc) is 2.63. The predicted octanol–water partition coefficient (Wildman–Crippen LogP) is 4.54. The highest BCUT2D eigenvalue weighted by Gasteiger charge is 2.19. The van der Waals surface area contributed by atoms with Crippen LogP contribution in [0.4, 0.5) is 11.5 Å². The third kappa shape index (κ3) is 5.28. The van der Waals surface area contributed by atoms with Gasteiger partial charge in [0.25, 0.3) is 5.91 Å². The molecule has 1 amide bonds. The van der Waals surface area contributed by atoms with Gasteiger partial charge in [-0.15, -0.1) is 0 Å². The van der Waals surface area contributed by atoms with Crippen LogP contribution in [-0.4, -0.2) is 21.4 Å². The minimum absolute atomic E-state index is 0.223. The van der Waals surface area contributed by atoms with Crippen molar-refractivity contribution in [3.8, 4) is 11.6 Å². The lowest BCUT2D eigenvalue weighted by Gasteiger charge is -2.21. The summed E-state index contributed by atoms with van der Waals surface area (Å²) in [6.07, 6.45) is 3.32. The second-order valence-corrected chi connectivity index (χ2v) is 7.03. The molecule has 0 saturated heterocycles. The van der Waals surface area contributed by atoms with Crippen LogP contribution in [0.5, 0.6) is 11.6 Å². The van der Waals surface area contributed by atoms with Gasteiger partial charge in [0.2, 0.25) is 5.88 Å². The van der Waals surface area contributed by atoms with Crippen LogP contribution in [0.25, 0.3) is 0 Å². The zero-order valence-corrected chi connectivity index (χ0v) is 15.6. The smallest absolute Gasteiger partial charge is 0.257 e. The topological polar surface area (TPSA) is 76.1 Å². The van der Waals surface area contributed by atoms with E-state index in [-0.39, 0.29) is 17.3 Å². The SMILES string of the molecule is CC(C)(C)NC(=O)c1cccnc1Oc1ccc(Nc2ccccn2)cc1. The van der Waals surface area contributed by atoms with Crippen molar-refractivity contribution in [3.63, 3.8) is 0 Å². The Labute approximate surface area is 158 Å². The summed E-state index contributed by atoms with van der Waals surface area (Å²) in [6.45, 7) is 5.78. The standard InChI is InChI=1S/C21H22N4O2/c1-21(2,3)25-19(26)17-7-6-14-23-20(17)27-16-11-9-15(10-12-16)24-18-8-4-5-13-22-18/h4-14H,1-3H3,(H,22,24)(H,25,26). The Balaban J connectivity index is 1.73. The van der Waals surface area contributed by atoms with E-state index in [0.29, 0.717) is 11.3 Å². The lowest BCUT2D eigenvalue weighted by atomic mass is 10.1. The van der Waals surface area contributed by atoms with E-state index < -0.39 is 0 Å². The van der Waals surface area contributed by atoms with Crippen LogP contribution in [0.2, 0.25) is 0 Å². The number of hydrogen-bond acceptors (Lipinski definition) is 5. The van der Waals surface area contributed by atoms with E-state index in [1.54, 1.807) is 24.5 Å². The summed E-state index contributed by atoms with van der Waals surface area (Å²) in [5, 5.41) is 6.13. The Morgan fingerprint density at radius 3 is 2.33 bits per heavy atom. The molecule has 0 aliphatic heterocycles. The van der Waals surface area contributed by atoms with Crippen LogP contribution in [0.3, 0.4) is 0 Å². The van der Waals surface area contributed by atoms with Gasteiger partial charge in [-0.1, -0.05) is 6.07 Å². The van der Waals surface area contributed by atoms with Crippen molar-refractivity contribution in [1.29, 1.82) is 0 Å². The summed E-state index contributed by atoms with van der Waals surface area (Å²) < 4.78 is 5.83. The van der Waals surface area contributed by atoms with Crippen LogP contribution in [0, 0.1) is 0 Å². The van der Waals surface area contributed by atoms with Crippen molar-refractivity contribution >= 4 is 17.4 Å². The van der Waals surface area contributed by atoms with Crippen molar-refractivity contribution < 1.29 is 9.53 Å². The maximum absolute atomic E-state index is 12.5. The molecule has 2 heterocycles. The number of amides is 1. The molecule has 6 heteroatoms. The first-order valence-corrected chi connectivity index (χ1v) is 8.64. The van der Waals surface area contributed by atoms with Gasteiger partial charge in [-0.2, -0.15) is 0 Å². The monoisotopic (exact) mass is 362 g/mol. The van der Waals surface area contributed by atoms with Gasteiger partial charge in [0.1, 0.15) is 17.1 Å². The van der Waals surface area contributed by atoms with Crippen LogP contribution in [-0.2, 0) is 0 Å². The average molecular weight is 362 g/mol. The largest absolute Gasteiger partial charge is 0.438 e. The molecule has 0 aliphatic rings. The number of hydrogen-bond donors (Lipinski definition) is 2. The van der Waals surface area contributed by atoms with Gasteiger partial charge < -0.3 is 15.4 Å². The number of nitrogens with one attached hydrogen (secondary N) is 2. The van der Waals surface area contributed by atoms with Crippen LogP contribution in [0.1, 0.15) is 31.1 Å². The number of benzene rings is 1. The fourth-order valence-corrected chi connectivity index (χ4v) is 2.36. The maximum Gasteiger partial charge on any atom is 0.257 e. The van der Waals surface area contributed by atoms with Gasteiger partial charge in [0, 0.05) is 23.6 Å². The normalized spacial score (nSPS) is 10.9. The van der Waals surface area contributed by atoms with Crippen LogP contribution < -0.4 is 15.4 Å². The molecule has 0 spiro atoms. The molecule has 0 atom stereocenters. The van der Waals surface area contributed by atoms with Gasteiger partial charge in [-0.05, 0) is 69.3 Å². The number of rotatable bonds is 5. The van der Waals surface area contributed by atoms with Crippen molar-refractivity contribution in [2.45, 2.75) is 26.3 Å². The van der Waals surface area contributed by atoms with Crippen molar-refractivity contribution in [3.05, 3.63) is 72.6 Å². The molecule has 3 aromatic rings. The second kappa shape index (κ2) is 7.86. The predicted molar refractivity (Wildman–Crippen MR) is 105 cm³/mol. The number of carbonyl (C=O) groups excluding carboxylic acids is 1. The van der Waals surface area contributed by atoms with E-state index in [1.165, 1.54) is 0 Å². The molecule has 0 saturated carbocycles. The van der Waals surface area contributed by atoms with Gasteiger partial charge in [-0.3, -0.25) is 4.79 Å². The highest BCUT2D eigenvalue weighted by Crippen LogP contribution is 2.25. The Morgan fingerprint density at radius 1 is 0.926 bits per heavy atom. The lowest BCUT2D eigenvalue weighted by molar-refractivity contribution is 0.0916. The molecule has 0 unspecified atom stereocenters. The summed E-state index contributed by atoms with van der Waals surface area (Å²) in [4.78, 5) is 20.9. The molecule has 6 nitrogen and oxygen atoms in total. The Kier molecular flexibility index (Phi) is 5.35. The Bertz CT molecular complexity index is 903. The minimum atomic E-state index is -0.344. The quantitative estimate of drug-likeness (QED) is 0.697. The number of carbonyl (C=O) groups is 1. The molecule has 0 fully saturated rings. The number of pyridine rings is 2. The molecule has 27 heavy (non-hydrogen) atoms. The molecule has 2 aromatic heterocycles. The Morgan fingerprint density at radius 2 is 1.67 bits per heavy atom. The molecular weight excluding hydrogens is 340 g/mol. The number of ether oxygens (including phenoxy) is 1. The van der Waals surface area contributed by atoms with Gasteiger partial charge in [0.15, 0.2) is 0 Å². The summed E-state index contributed by atoms with van der Waals surface area (Å²) in [6, 6.07) is 16.4. The van der Waals surface area contributed by atoms with E-state index in [0.717, 1.165) is 11.5 Å². The summed E-state index contributed by atoms with van der Waals surface area (Å²) in [5.41, 5.74) is 0.930. The molecule has 2 N–H and O–H groups in total. The van der Waals surface area contributed by atoms with Gasteiger partial charge >= 0.3 is 0 Å². The van der Waals surface area contributed by atoms with Crippen LogP contribution in [0.15, 0.2) is 67.0 Å². The van der Waals surface area contributed by atoms with E-state index in [9.17, 15) is 4.79 Å². The zero-order valence-electron chi connectivity index (χ0n) is 15.6. The number of anilines is 2. The molecule has 0 bridgehead atoms. The number of aromatic nitrogens is 2. The number of nitrogens with zero attached hydrogens (tertiary/aromatic N) is 2. The fourth-order valence-electron chi connectivity index (χ4n) is 2.36. The highest BCUT2D eigenvalue weighted by atomic mass is 16.5.